The van der Waals surface area contributed by atoms with Crippen molar-refractivity contribution < 1.29 is 4.79 Å². The van der Waals surface area contributed by atoms with Gasteiger partial charge in [-0.05, 0) is 30.5 Å². The molecule has 0 aliphatic rings. The Labute approximate surface area is 118 Å². The van der Waals surface area contributed by atoms with Crippen molar-refractivity contribution in [3.05, 3.63) is 53.7 Å². The summed E-state index contributed by atoms with van der Waals surface area (Å²) < 4.78 is 0. The minimum atomic E-state index is -0.187. The Morgan fingerprint density at radius 3 is 2.55 bits per heavy atom. The van der Waals surface area contributed by atoms with Crippen LogP contribution in [0.25, 0.3) is 0 Å². The summed E-state index contributed by atoms with van der Waals surface area (Å²) in [5, 5.41) is 13.4. The molecule has 0 spiro atoms. The first-order chi connectivity index (χ1) is 9.79. The van der Waals surface area contributed by atoms with E-state index in [2.05, 4.69) is 33.0 Å². The monoisotopic (exact) mass is 270 g/mol. The topological polar surface area (TPSA) is 66.9 Å². The van der Waals surface area contributed by atoms with Gasteiger partial charge in [-0.25, -0.2) is 0 Å². The molecule has 0 aliphatic heterocycles. The summed E-state index contributed by atoms with van der Waals surface area (Å²) in [5.41, 5.74) is 1.61. The van der Waals surface area contributed by atoms with Crippen LogP contribution < -0.4 is 10.6 Å². The van der Waals surface area contributed by atoms with Crippen molar-refractivity contribution in [3.63, 3.8) is 0 Å². The average molecular weight is 270 g/mol. The van der Waals surface area contributed by atoms with E-state index in [1.165, 1.54) is 5.56 Å². The molecule has 2 aromatic rings. The van der Waals surface area contributed by atoms with E-state index in [4.69, 9.17) is 0 Å². The van der Waals surface area contributed by atoms with Crippen LogP contribution in [-0.2, 0) is 6.42 Å². The van der Waals surface area contributed by atoms with E-state index in [0.717, 1.165) is 12.8 Å². The van der Waals surface area contributed by atoms with Crippen LogP contribution in [0.15, 0.2) is 42.5 Å². The number of anilines is 1. The molecule has 0 bridgehead atoms. The average Bonchev–Trinajstić information content (AvgIpc) is 2.52. The SMILES string of the molecule is CNc1ccc(C(=O)NCCCc2ccccc2)nn1. The highest BCUT2D eigenvalue weighted by atomic mass is 16.1. The van der Waals surface area contributed by atoms with Crippen molar-refractivity contribution in [2.45, 2.75) is 12.8 Å². The highest BCUT2D eigenvalue weighted by molar-refractivity contribution is 5.92. The van der Waals surface area contributed by atoms with E-state index in [1.807, 2.05) is 18.2 Å². The summed E-state index contributed by atoms with van der Waals surface area (Å²) in [6, 6.07) is 13.6. The fourth-order valence-electron chi connectivity index (χ4n) is 1.82. The number of hydrogen-bond donors (Lipinski definition) is 2. The number of carbonyl (C=O) groups is 1. The molecule has 1 amide bonds. The Morgan fingerprint density at radius 1 is 1.10 bits per heavy atom. The maximum absolute atomic E-state index is 11.8. The van der Waals surface area contributed by atoms with Gasteiger partial charge in [0.05, 0.1) is 0 Å². The second-order valence-electron chi connectivity index (χ2n) is 4.40. The number of nitrogens with one attached hydrogen (secondary N) is 2. The van der Waals surface area contributed by atoms with Crippen LogP contribution in [0, 0.1) is 0 Å². The van der Waals surface area contributed by atoms with Gasteiger partial charge in [0.2, 0.25) is 0 Å². The van der Waals surface area contributed by atoms with E-state index in [9.17, 15) is 4.79 Å². The summed E-state index contributed by atoms with van der Waals surface area (Å²) in [4.78, 5) is 11.8. The first-order valence-corrected chi connectivity index (χ1v) is 6.63. The number of aromatic nitrogens is 2. The molecule has 0 fully saturated rings. The van der Waals surface area contributed by atoms with Gasteiger partial charge in [-0.2, -0.15) is 0 Å². The third-order valence-corrected chi connectivity index (χ3v) is 2.92. The smallest absolute Gasteiger partial charge is 0.271 e. The largest absolute Gasteiger partial charge is 0.372 e. The van der Waals surface area contributed by atoms with Crippen LogP contribution in [0.2, 0.25) is 0 Å². The lowest BCUT2D eigenvalue weighted by Crippen LogP contribution is -2.26. The number of aryl methyl sites for hydroxylation is 1. The van der Waals surface area contributed by atoms with Crippen molar-refractivity contribution in [2.24, 2.45) is 0 Å². The first kappa shape index (κ1) is 14.0. The second kappa shape index (κ2) is 7.23. The first-order valence-electron chi connectivity index (χ1n) is 6.63. The molecule has 20 heavy (non-hydrogen) atoms. The third kappa shape index (κ3) is 4.05. The lowest BCUT2D eigenvalue weighted by atomic mass is 10.1. The minimum Gasteiger partial charge on any atom is -0.372 e. The van der Waals surface area contributed by atoms with Gasteiger partial charge in [0.15, 0.2) is 5.69 Å². The van der Waals surface area contributed by atoms with Gasteiger partial charge >= 0.3 is 0 Å². The second-order valence-corrected chi connectivity index (χ2v) is 4.40. The predicted molar refractivity (Wildman–Crippen MR) is 78.7 cm³/mol. The summed E-state index contributed by atoms with van der Waals surface area (Å²) in [5.74, 6) is 0.457. The molecule has 2 N–H and O–H groups in total. The molecule has 0 radical (unpaired) electrons. The number of benzene rings is 1. The molecule has 0 aliphatic carbocycles. The van der Waals surface area contributed by atoms with E-state index in [-0.39, 0.29) is 5.91 Å². The molecule has 1 aromatic heterocycles. The minimum absolute atomic E-state index is 0.187. The molecule has 0 saturated heterocycles. The molecule has 2 rings (SSSR count). The van der Waals surface area contributed by atoms with Crippen LogP contribution in [0.4, 0.5) is 5.82 Å². The van der Waals surface area contributed by atoms with E-state index in [0.29, 0.717) is 18.1 Å². The molecule has 1 heterocycles. The summed E-state index contributed by atoms with van der Waals surface area (Å²) in [6.45, 7) is 0.628. The molecular formula is C15H18N4O. The zero-order valence-electron chi connectivity index (χ0n) is 11.5. The van der Waals surface area contributed by atoms with Crippen LogP contribution in [0.1, 0.15) is 22.5 Å². The standard InChI is InChI=1S/C15H18N4O/c1-16-14-10-9-13(18-19-14)15(20)17-11-5-8-12-6-3-2-4-7-12/h2-4,6-7,9-10H,5,8,11H2,1H3,(H,16,19)(H,17,20). The molecule has 0 atom stereocenters. The molecule has 5 nitrogen and oxygen atoms in total. The van der Waals surface area contributed by atoms with Gasteiger partial charge in [-0.1, -0.05) is 30.3 Å². The van der Waals surface area contributed by atoms with E-state index < -0.39 is 0 Å². The summed E-state index contributed by atoms with van der Waals surface area (Å²) in [6.07, 6.45) is 1.85. The summed E-state index contributed by atoms with van der Waals surface area (Å²) in [7, 11) is 1.76. The Morgan fingerprint density at radius 2 is 1.90 bits per heavy atom. The molecule has 5 heteroatoms. The normalized spacial score (nSPS) is 10.1. The van der Waals surface area contributed by atoms with Crippen molar-refractivity contribution in [3.8, 4) is 0 Å². The van der Waals surface area contributed by atoms with Crippen LogP contribution in [0.5, 0.6) is 0 Å². The quantitative estimate of drug-likeness (QED) is 0.787. The van der Waals surface area contributed by atoms with Gasteiger partial charge in [0, 0.05) is 13.6 Å². The summed E-state index contributed by atoms with van der Waals surface area (Å²) >= 11 is 0. The van der Waals surface area contributed by atoms with Crippen molar-refractivity contribution in [1.29, 1.82) is 0 Å². The van der Waals surface area contributed by atoms with Gasteiger partial charge in [-0.15, -0.1) is 10.2 Å². The predicted octanol–water partition coefficient (Wildman–Crippen LogP) is 1.88. The Balaban J connectivity index is 1.74. The molecule has 1 aromatic carbocycles. The van der Waals surface area contributed by atoms with Crippen molar-refractivity contribution in [2.75, 3.05) is 18.9 Å². The number of carbonyl (C=O) groups excluding carboxylic acids is 1. The Kier molecular flexibility index (Phi) is 5.06. The highest BCUT2D eigenvalue weighted by Gasteiger charge is 2.06. The van der Waals surface area contributed by atoms with Crippen LogP contribution >= 0.6 is 0 Å². The van der Waals surface area contributed by atoms with E-state index >= 15 is 0 Å². The maximum Gasteiger partial charge on any atom is 0.271 e. The van der Waals surface area contributed by atoms with Gasteiger partial charge in [-0.3, -0.25) is 4.79 Å². The molecule has 104 valence electrons. The van der Waals surface area contributed by atoms with Crippen molar-refractivity contribution >= 4 is 11.7 Å². The number of rotatable bonds is 6. The van der Waals surface area contributed by atoms with E-state index in [1.54, 1.807) is 19.2 Å². The number of nitrogens with zero attached hydrogens (tertiary/aromatic N) is 2. The lowest BCUT2D eigenvalue weighted by Gasteiger charge is -2.05. The van der Waals surface area contributed by atoms with Crippen molar-refractivity contribution in [1.82, 2.24) is 15.5 Å². The lowest BCUT2D eigenvalue weighted by molar-refractivity contribution is 0.0947. The third-order valence-electron chi connectivity index (χ3n) is 2.92. The van der Waals surface area contributed by atoms with Gasteiger partial charge < -0.3 is 10.6 Å². The number of hydrogen-bond acceptors (Lipinski definition) is 4. The zero-order chi connectivity index (χ0) is 14.2. The Bertz CT molecular complexity index is 540. The fourth-order valence-corrected chi connectivity index (χ4v) is 1.82. The Hall–Kier alpha value is -2.43. The van der Waals surface area contributed by atoms with Crippen LogP contribution in [-0.4, -0.2) is 29.7 Å². The molecule has 0 saturated carbocycles. The maximum atomic E-state index is 11.8. The van der Waals surface area contributed by atoms with Crippen LogP contribution in [0.3, 0.4) is 0 Å². The van der Waals surface area contributed by atoms with Gasteiger partial charge in [0.25, 0.3) is 5.91 Å². The molecule has 0 unspecified atom stereocenters. The highest BCUT2D eigenvalue weighted by Crippen LogP contribution is 2.02. The molecular weight excluding hydrogens is 252 g/mol. The van der Waals surface area contributed by atoms with Gasteiger partial charge in [0.1, 0.15) is 5.82 Å². The fraction of sp³-hybridized carbons (Fsp3) is 0.267. The number of amides is 1. The zero-order valence-corrected chi connectivity index (χ0v) is 11.5.